The fourth-order valence-corrected chi connectivity index (χ4v) is 2.23. The van der Waals surface area contributed by atoms with Crippen LogP contribution in [0, 0.1) is 11.3 Å². The van der Waals surface area contributed by atoms with Crippen molar-refractivity contribution in [1.29, 1.82) is 0 Å². The van der Waals surface area contributed by atoms with Gasteiger partial charge in [0.1, 0.15) is 0 Å². The first-order valence-corrected chi connectivity index (χ1v) is 4.92. The molecule has 0 bridgehead atoms. The van der Waals surface area contributed by atoms with Crippen LogP contribution in [0.4, 0.5) is 4.79 Å². The summed E-state index contributed by atoms with van der Waals surface area (Å²) in [6.45, 7) is 0.901. The molecule has 1 saturated heterocycles. The molecule has 0 aromatic carbocycles. The summed E-state index contributed by atoms with van der Waals surface area (Å²) in [5.74, 6) is -0.615. The van der Waals surface area contributed by atoms with Crippen LogP contribution in [0.15, 0.2) is 0 Å². The molecular formula is C9H15N3O3. The molecule has 15 heavy (non-hydrogen) atoms. The van der Waals surface area contributed by atoms with Crippen molar-refractivity contribution in [3.63, 3.8) is 0 Å². The number of carbonyl (C=O) groups is 2. The lowest BCUT2D eigenvalue weighted by Crippen LogP contribution is -2.46. The van der Waals surface area contributed by atoms with Crippen molar-refractivity contribution < 1.29 is 14.7 Å². The number of carboxylic acid groups (broad SMARTS) is 1. The van der Waals surface area contributed by atoms with E-state index in [-0.39, 0.29) is 11.9 Å². The number of carbonyl (C=O) groups excluding carboxylic acids is 1. The lowest BCUT2D eigenvalue weighted by atomic mass is 10.1. The second kappa shape index (κ2) is 3.10. The van der Waals surface area contributed by atoms with Crippen LogP contribution in [0.25, 0.3) is 0 Å². The number of likely N-dealkylation sites (tertiary alicyclic amines) is 1. The van der Waals surface area contributed by atoms with Gasteiger partial charge in [0.05, 0.1) is 5.41 Å². The first-order chi connectivity index (χ1) is 6.95. The molecule has 2 fully saturated rings. The van der Waals surface area contributed by atoms with Crippen molar-refractivity contribution in [1.82, 2.24) is 15.3 Å². The van der Waals surface area contributed by atoms with Gasteiger partial charge in [-0.1, -0.05) is 0 Å². The zero-order chi connectivity index (χ0) is 11.2. The fourth-order valence-electron chi connectivity index (χ4n) is 2.23. The van der Waals surface area contributed by atoms with Crippen molar-refractivity contribution in [2.24, 2.45) is 11.3 Å². The normalized spacial score (nSPS) is 32.7. The number of amides is 2. The third-order valence-electron chi connectivity index (χ3n) is 3.18. The number of carboxylic acids is 1. The number of rotatable bonds is 2. The van der Waals surface area contributed by atoms with E-state index in [4.69, 9.17) is 5.11 Å². The molecule has 1 heterocycles. The number of hydrazine groups is 1. The van der Waals surface area contributed by atoms with Crippen LogP contribution in [-0.2, 0) is 4.79 Å². The van der Waals surface area contributed by atoms with Crippen LogP contribution in [0.3, 0.4) is 0 Å². The second-order valence-electron chi connectivity index (χ2n) is 4.55. The Bertz CT molecular complexity index is 318. The summed E-state index contributed by atoms with van der Waals surface area (Å²) < 4.78 is 0. The number of aliphatic carboxylic acids is 1. The SMILES string of the molecule is CN(C)NC(=O)N1CC2CC2(C(=O)O)C1. The van der Waals surface area contributed by atoms with E-state index in [1.54, 1.807) is 24.0 Å². The molecule has 2 unspecified atom stereocenters. The Morgan fingerprint density at radius 3 is 2.67 bits per heavy atom. The van der Waals surface area contributed by atoms with Crippen molar-refractivity contribution in [3.8, 4) is 0 Å². The first kappa shape index (κ1) is 10.2. The van der Waals surface area contributed by atoms with Gasteiger partial charge < -0.3 is 10.0 Å². The molecule has 1 saturated carbocycles. The highest BCUT2D eigenvalue weighted by molar-refractivity contribution is 5.83. The number of nitrogens with zero attached hydrogens (tertiary/aromatic N) is 2. The van der Waals surface area contributed by atoms with Gasteiger partial charge in [0, 0.05) is 27.2 Å². The molecule has 0 aromatic rings. The molecule has 2 atom stereocenters. The summed E-state index contributed by atoms with van der Waals surface area (Å²) in [5.41, 5.74) is 1.97. The Labute approximate surface area is 87.8 Å². The average Bonchev–Trinajstić information content (AvgIpc) is 2.69. The van der Waals surface area contributed by atoms with Crippen LogP contribution in [-0.4, -0.2) is 54.2 Å². The lowest BCUT2D eigenvalue weighted by molar-refractivity contribution is -0.143. The summed E-state index contributed by atoms with van der Waals surface area (Å²) in [4.78, 5) is 24.1. The highest BCUT2D eigenvalue weighted by Crippen LogP contribution is 2.57. The van der Waals surface area contributed by atoms with E-state index < -0.39 is 11.4 Å². The number of hydrogen-bond donors (Lipinski definition) is 2. The molecule has 0 radical (unpaired) electrons. The van der Waals surface area contributed by atoms with Gasteiger partial charge in [-0.05, 0) is 12.3 Å². The molecule has 0 spiro atoms. The van der Waals surface area contributed by atoms with E-state index in [0.29, 0.717) is 19.5 Å². The molecule has 84 valence electrons. The molecule has 0 aromatic heterocycles. The van der Waals surface area contributed by atoms with Gasteiger partial charge in [0.2, 0.25) is 0 Å². The number of hydrogen-bond acceptors (Lipinski definition) is 3. The number of nitrogens with one attached hydrogen (secondary N) is 1. The first-order valence-electron chi connectivity index (χ1n) is 4.92. The number of fused-ring (bicyclic) bond motifs is 1. The predicted molar refractivity (Wildman–Crippen MR) is 52.0 cm³/mol. The fraction of sp³-hybridized carbons (Fsp3) is 0.778. The van der Waals surface area contributed by atoms with Crippen LogP contribution in [0.5, 0.6) is 0 Å². The van der Waals surface area contributed by atoms with Gasteiger partial charge in [-0.2, -0.15) is 0 Å². The average molecular weight is 213 g/mol. The topological polar surface area (TPSA) is 72.9 Å². The smallest absolute Gasteiger partial charge is 0.331 e. The number of piperidine rings is 1. The Hall–Kier alpha value is -1.30. The standard InChI is InChI=1S/C9H15N3O3/c1-11(2)10-8(15)12-4-6-3-9(6,5-12)7(13)14/h6H,3-5H2,1-2H3,(H,10,15)(H,13,14). The quantitative estimate of drug-likeness (QED) is 0.611. The summed E-state index contributed by atoms with van der Waals surface area (Å²) in [5, 5.41) is 10.6. The monoisotopic (exact) mass is 213 g/mol. The zero-order valence-corrected chi connectivity index (χ0v) is 8.86. The molecule has 2 amide bonds. The highest BCUT2D eigenvalue weighted by atomic mass is 16.4. The Morgan fingerprint density at radius 1 is 1.53 bits per heavy atom. The maximum atomic E-state index is 11.6. The summed E-state index contributed by atoms with van der Waals surface area (Å²) >= 11 is 0. The molecule has 2 N–H and O–H groups in total. The highest BCUT2D eigenvalue weighted by Gasteiger charge is 2.66. The van der Waals surface area contributed by atoms with E-state index in [9.17, 15) is 9.59 Å². The number of urea groups is 1. The molecular weight excluding hydrogens is 198 g/mol. The van der Waals surface area contributed by atoms with E-state index >= 15 is 0 Å². The van der Waals surface area contributed by atoms with Crippen molar-refractivity contribution >= 4 is 12.0 Å². The Kier molecular flexibility index (Phi) is 2.11. The van der Waals surface area contributed by atoms with Crippen molar-refractivity contribution in [2.75, 3.05) is 27.2 Å². The molecule has 6 heteroatoms. The summed E-state index contributed by atoms with van der Waals surface area (Å²) in [6, 6.07) is -0.215. The largest absolute Gasteiger partial charge is 0.481 e. The third-order valence-corrected chi connectivity index (χ3v) is 3.18. The van der Waals surface area contributed by atoms with Gasteiger partial charge in [-0.3, -0.25) is 10.2 Å². The molecule has 6 nitrogen and oxygen atoms in total. The van der Waals surface area contributed by atoms with Crippen molar-refractivity contribution in [3.05, 3.63) is 0 Å². The maximum Gasteiger partial charge on any atom is 0.331 e. The van der Waals surface area contributed by atoms with E-state index in [0.717, 1.165) is 0 Å². The lowest BCUT2D eigenvalue weighted by Gasteiger charge is -2.22. The summed E-state index contributed by atoms with van der Waals surface area (Å²) in [7, 11) is 3.45. The third kappa shape index (κ3) is 1.54. The maximum absolute atomic E-state index is 11.6. The Balaban J connectivity index is 1.95. The minimum atomic E-state index is -0.771. The molecule has 2 aliphatic rings. The van der Waals surface area contributed by atoms with Gasteiger partial charge in [-0.15, -0.1) is 0 Å². The van der Waals surface area contributed by atoms with Crippen LogP contribution < -0.4 is 5.43 Å². The van der Waals surface area contributed by atoms with Crippen LogP contribution >= 0.6 is 0 Å². The minimum Gasteiger partial charge on any atom is -0.481 e. The van der Waals surface area contributed by atoms with E-state index in [1.165, 1.54) is 0 Å². The summed E-state index contributed by atoms with van der Waals surface area (Å²) in [6.07, 6.45) is 0.716. The molecule has 1 aliphatic carbocycles. The van der Waals surface area contributed by atoms with Crippen molar-refractivity contribution in [2.45, 2.75) is 6.42 Å². The molecule has 2 rings (SSSR count). The van der Waals surface area contributed by atoms with Gasteiger partial charge >= 0.3 is 12.0 Å². The Morgan fingerprint density at radius 2 is 2.20 bits per heavy atom. The van der Waals surface area contributed by atoms with Gasteiger partial charge in [0.15, 0.2) is 0 Å². The minimum absolute atomic E-state index is 0.155. The van der Waals surface area contributed by atoms with Gasteiger partial charge in [0.25, 0.3) is 0 Å². The second-order valence-corrected chi connectivity index (χ2v) is 4.55. The molecule has 1 aliphatic heterocycles. The van der Waals surface area contributed by atoms with Gasteiger partial charge in [-0.25, -0.2) is 9.80 Å². The predicted octanol–water partition coefficient (Wildman–Crippen LogP) is -0.421. The van der Waals surface area contributed by atoms with E-state index in [1.807, 2.05) is 0 Å². The van der Waals surface area contributed by atoms with Crippen LogP contribution in [0.1, 0.15) is 6.42 Å². The zero-order valence-electron chi connectivity index (χ0n) is 8.86. The van der Waals surface area contributed by atoms with Crippen LogP contribution in [0.2, 0.25) is 0 Å². The van der Waals surface area contributed by atoms with E-state index in [2.05, 4.69) is 5.43 Å².